The molecule has 1 N–H and O–H groups in total. The van der Waals surface area contributed by atoms with Crippen LogP contribution in [0.3, 0.4) is 0 Å². The van der Waals surface area contributed by atoms with Crippen LogP contribution in [-0.4, -0.2) is 23.0 Å². The number of aryl methyl sites for hydroxylation is 1. The molecule has 0 fully saturated rings. The molecular formula is C14H12N2O3S. The number of carbonyl (C=O) groups excluding carboxylic acids is 2. The molecule has 0 saturated heterocycles. The monoisotopic (exact) mass is 288 g/mol. The first-order valence-electron chi connectivity index (χ1n) is 6.15. The van der Waals surface area contributed by atoms with Gasteiger partial charge < -0.3 is 4.74 Å². The number of anilines is 1. The van der Waals surface area contributed by atoms with Crippen LogP contribution in [0.4, 0.5) is 5.13 Å². The zero-order valence-electron chi connectivity index (χ0n) is 10.8. The number of hydrogen-bond donors (Lipinski definition) is 1. The second-order valence-corrected chi connectivity index (χ2v) is 5.40. The van der Waals surface area contributed by atoms with E-state index in [4.69, 9.17) is 4.74 Å². The van der Waals surface area contributed by atoms with Crippen LogP contribution in [0.2, 0.25) is 0 Å². The minimum atomic E-state index is -0.804. The summed E-state index contributed by atoms with van der Waals surface area (Å²) in [6.07, 6.45) is -0.417. The molecule has 1 aliphatic rings. The molecule has 102 valence electrons. The summed E-state index contributed by atoms with van der Waals surface area (Å²) in [5.41, 5.74) is 2.21. The average Bonchev–Trinajstić information content (AvgIpc) is 2.84. The molecule has 0 unspecified atom stereocenters. The van der Waals surface area contributed by atoms with Gasteiger partial charge >= 0.3 is 5.97 Å². The summed E-state index contributed by atoms with van der Waals surface area (Å²) < 4.78 is 5.18. The van der Waals surface area contributed by atoms with Gasteiger partial charge in [0.25, 0.3) is 5.91 Å². The lowest BCUT2D eigenvalue weighted by Crippen LogP contribution is -2.37. The van der Waals surface area contributed by atoms with Crippen molar-refractivity contribution < 1.29 is 14.3 Å². The summed E-state index contributed by atoms with van der Waals surface area (Å²) in [5.74, 6) is -0.801. The number of esters is 1. The number of nitrogens with one attached hydrogen (secondary N) is 1. The Morgan fingerprint density at radius 1 is 1.45 bits per heavy atom. The lowest BCUT2D eigenvalue weighted by molar-refractivity contribution is -0.125. The van der Waals surface area contributed by atoms with Gasteiger partial charge in [-0.2, -0.15) is 0 Å². The summed E-state index contributed by atoms with van der Waals surface area (Å²) in [7, 11) is 0. The quantitative estimate of drug-likeness (QED) is 0.860. The van der Waals surface area contributed by atoms with Crippen molar-refractivity contribution in [2.75, 3.05) is 5.32 Å². The van der Waals surface area contributed by atoms with Gasteiger partial charge in [-0.15, -0.1) is 11.3 Å². The maximum absolute atomic E-state index is 12.1. The Morgan fingerprint density at radius 2 is 2.25 bits per heavy atom. The van der Waals surface area contributed by atoms with Gasteiger partial charge in [0.05, 0.1) is 11.3 Å². The highest BCUT2D eigenvalue weighted by molar-refractivity contribution is 7.13. The molecule has 2 heterocycles. The lowest BCUT2D eigenvalue weighted by Gasteiger charge is -2.23. The molecule has 0 aliphatic carbocycles. The van der Waals surface area contributed by atoms with E-state index in [2.05, 4.69) is 10.3 Å². The van der Waals surface area contributed by atoms with Crippen molar-refractivity contribution in [3.8, 4) is 0 Å². The summed E-state index contributed by atoms with van der Waals surface area (Å²) in [5, 5.41) is 5.04. The number of cyclic esters (lactones) is 1. The number of fused-ring (bicyclic) bond motifs is 1. The molecule has 0 radical (unpaired) electrons. The maximum Gasteiger partial charge on any atom is 0.339 e. The van der Waals surface area contributed by atoms with Gasteiger partial charge in [0.15, 0.2) is 11.2 Å². The molecule has 0 bridgehead atoms. The first-order valence-corrected chi connectivity index (χ1v) is 7.03. The van der Waals surface area contributed by atoms with Crippen LogP contribution in [0, 0.1) is 6.92 Å². The number of benzene rings is 1. The maximum atomic E-state index is 12.1. The highest BCUT2D eigenvalue weighted by atomic mass is 32.1. The normalized spacial score (nSPS) is 17.2. The van der Waals surface area contributed by atoms with Gasteiger partial charge in [0, 0.05) is 11.8 Å². The number of aromatic nitrogens is 1. The predicted octanol–water partition coefficient (Wildman–Crippen LogP) is 2.17. The molecule has 1 aromatic heterocycles. The van der Waals surface area contributed by atoms with Gasteiger partial charge in [0.2, 0.25) is 0 Å². The third-order valence-electron chi connectivity index (χ3n) is 3.03. The molecule has 20 heavy (non-hydrogen) atoms. The van der Waals surface area contributed by atoms with E-state index in [9.17, 15) is 9.59 Å². The van der Waals surface area contributed by atoms with E-state index in [-0.39, 0.29) is 5.91 Å². The highest BCUT2D eigenvalue weighted by Gasteiger charge is 2.31. The smallest absolute Gasteiger partial charge is 0.339 e. The van der Waals surface area contributed by atoms with E-state index in [0.717, 1.165) is 11.3 Å². The van der Waals surface area contributed by atoms with Crippen molar-refractivity contribution in [2.45, 2.75) is 19.4 Å². The number of ether oxygens (including phenoxy) is 1. The second-order valence-electron chi connectivity index (χ2n) is 4.54. The van der Waals surface area contributed by atoms with E-state index < -0.39 is 12.1 Å². The zero-order chi connectivity index (χ0) is 14.1. The van der Waals surface area contributed by atoms with Gasteiger partial charge in [-0.25, -0.2) is 9.78 Å². The Hall–Kier alpha value is -2.21. The molecule has 1 aromatic carbocycles. The van der Waals surface area contributed by atoms with Gasteiger partial charge in [-0.3, -0.25) is 10.1 Å². The van der Waals surface area contributed by atoms with E-state index in [1.54, 1.807) is 12.1 Å². The molecular weight excluding hydrogens is 276 g/mol. The molecule has 1 amide bonds. The van der Waals surface area contributed by atoms with Crippen molar-refractivity contribution in [3.05, 3.63) is 46.5 Å². The molecule has 0 spiro atoms. The van der Waals surface area contributed by atoms with Crippen LogP contribution in [-0.2, 0) is 16.0 Å². The summed E-state index contributed by atoms with van der Waals surface area (Å²) in [4.78, 5) is 28.1. The van der Waals surface area contributed by atoms with E-state index >= 15 is 0 Å². The third kappa shape index (κ3) is 2.42. The fourth-order valence-corrected chi connectivity index (χ4v) is 2.77. The van der Waals surface area contributed by atoms with Crippen LogP contribution in [0.15, 0.2) is 29.6 Å². The van der Waals surface area contributed by atoms with Gasteiger partial charge in [-0.05, 0) is 18.6 Å². The van der Waals surface area contributed by atoms with E-state index in [1.807, 2.05) is 24.4 Å². The molecule has 2 aromatic rings. The Bertz CT molecular complexity index is 681. The first-order chi connectivity index (χ1) is 9.63. The average molecular weight is 288 g/mol. The minimum Gasteiger partial charge on any atom is -0.448 e. The van der Waals surface area contributed by atoms with Crippen molar-refractivity contribution >= 4 is 28.3 Å². The zero-order valence-corrected chi connectivity index (χ0v) is 11.6. The second kappa shape index (κ2) is 5.05. The summed E-state index contributed by atoms with van der Waals surface area (Å²) in [6.45, 7) is 1.85. The van der Waals surface area contributed by atoms with E-state index in [0.29, 0.717) is 17.1 Å². The topological polar surface area (TPSA) is 68.3 Å². The predicted molar refractivity (Wildman–Crippen MR) is 74.8 cm³/mol. The lowest BCUT2D eigenvalue weighted by atomic mass is 9.98. The standard InChI is InChI=1S/C14H12N2O3S/c1-8-7-20-14(15-8)16-12(17)11-6-9-4-2-3-5-10(9)13(18)19-11/h2-5,7,11H,6H2,1H3,(H,15,16,17)/t11-/m0/s1. The van der Waals surface area contributed by atoms with Crippen LogP contribution >= 0.6 is 11.3 Å². The van der Waals surface area contributed by atoms with Crippen molar-refractivity contribution in [1.29, 1.82) is 0 Å². The number of hydrogen-bond acceptors (Lipinski definition) is 5. The molecule has 3 rings (SSSR count). The Balaban J connectivity index is 1.76. The molecule has 0 saturated carbocycles. The van der Waals surface area contributed by atoms with Crippen LogP contribution in [0.5, 0.6) is 0 Å². The molecule has 5 nitrogen and oxygen atoms in total. The molecule has 1 atom stereocenters. The van der Waals surface area contributed by atoms with Crippen LogP contribution in [0.1, 0.15) is 21.6 Å². The largest absolute Gasteiger partial charge is 0.448 e. The number of nitrogens with zero attached hydrogens (tertiary/aromatic N) is 1. The van der Waals surface area contributed by atoms with E-state index in [1.165, 1.54) is 11.3 Å². The molecule has 1 aliphatic heterocycles. The van der Waals surface area contributed by atoms with Gasteiger partial charge in [-0.1, -0.05) is 18.2 Å². The number of carbonyl (C=O) groups is 2. The van der Waals surface area contributed by atoms with Crippen LogP contribution < -0.4 is 5.32 Å². The molecule has 6 heteroatoms. The fraction of sp³-hybridized carbons (Fsp3) is 0.214. The summed E-state index contributed by atoms with van der Waals surface area (Å²) in [6, 6.07) is 7.16. The number of rotatable bonds is 2. The van der Waals surface area contributed by atoms with Gasteiger partial charge in [0.1, 0.15) is 0 Å². The van der Waals surface area contributed by atoms with Crippen LogP contribution in [0.25, 0.3) is 0 Å². The fourth-order valence-electron chi connectivity index (χ4n) is 2.08. The minimum absolute atomic E-state index is 0.345. The SMILES string of the molecule is Cc1csc(NC(=O)[C@@H]2Cc3ccccc3C(=O)O2)n1. The third-order valence-corrected chi connectivity index (χ3v) is 3.91. The number of amides is 1. The number of thiazole rings is 1. The Labute approximate surface area is 119 Å². The Morgan fingerprint density at radius 3 is 3.00 bits per heavy atom. The Kier molecular flexibility index (Phi) is 3.23. The van der Waals surface area contributed by atoms with Crippen molar-refractivity contribution in [1.82, 2.24) is 4.98 Å². The first kappa shape index (κ1) is 12.8. The van der Waals surface area contributed by atoms with Crippen molar-refractivity contribution in [2.24, 2.45) is 0 Å². The summed E-state index contributed by atoms with van der Waals surface area (Å²) >= 11 is 1.34. The highest BCUT2D eigenvalue weighted by Crippen LogP contribution is 2.22. The van der Waals surface area contributed by atoms with Crippen molar-refractivity contribution in [3.63, 3.8) is 0 Å².